The van der Waals surface area contributed by atoms with Crippen molar-refractivity contribution in [3.8, 4) is 5.75 Å². The average Bonchev–Trinajstić information content (AvgIpc) is 2.34. The minimum atomic E-state index is -0.759. The van der Waals surface area contributed by atoms with E-state index < -0.39 is 10.7 Å². The first-order valence-corrected chi connectivity index (χ1v) is 5.76. The molecular formula is C12H10FN3O3. The van der Waals surface area contributed by atoms with Crippen molar-refractivity contribution < 1.29 is 14.1 Å². The van der Waals surface area contributed by atoms with Gasteiger partial charge in [-0.3, -0.25) is 15.1 Å². The van der Waals surface area contributed by atoms with Gasteiger partial charge in [0.2, 0.25) is 0 Å². The Morgan fingerprint density at radius 1 is 1.53 bits per heavy atom. The third-order valence-corrected chi connectivity index (χ3v) is 3.00. The van der Waals surface area contributed by atoms with E-state index in [4.69, 9.17) is 4.74 Å². The van der Waals surface area contributed by atoms with Crippen molar-refractivity contribution in [1.29, 1.82) is 0 Å². The highest BCUT2D eigenvalue weighted by Crippen LogP contribution is 2.34. The summed E-state index contributed by atoms with van der Waals surface area (Å²) in [7, 11) is 0. The lowest BCUT2D eigenvalue weighted by molar-refractivity contribution is -0.383. The molecule has 1 saturated heterocycles. The number of benzene rings is 1. The number of nitrogens with one attached hydrogen (secondary N) is 1. The molecule has 0 amide bonds. The van der Waals surface area contributed by atoms with Crippen LogP contribution < -0.4 is 10.1 Å². The maximum Gasteiger partial charge on any atom is 0.281 e. The van der Waals surface area contributed by atoms with Crippen LogP contribution in [-0.2, 0) is 0 Å². The maximum atomic E-state index is 14.0. The molecule has 7 heteroatoms. The van der Waals surface area contributed by atoms with Gasteiger partial charge in [0.25, 0.3) is 5.69 Å². The third kappa shape index (κ3) is 1.97. The van der Waals surface area contributed by atoms with Crippen LogP contribution in [0.2, 0.25) is 0 Å². The number of nitrogens with zero attached hydrogens (tertiary/aromatic N) is 2. The van der Waals surface area contributed by atoms with Crippen molar-refractivity contribution in [1.82, 2.24) is 10.3 Å². The summed E-state index contributed by atoms with van der Waals surface area (Å²) in [6.45, 7) is 1.26. The first-order valence-electron chi connectivity index (χ1n) is 5.76. The SMILES string of the molecule is O=[N+]([O-])c1cc(F)c(OC2CNC2)c2ncccc12. The molecule has 0 spiro atoms. The number of halogens is 1. The number of aromatic nitrogens is 1. The van der Waals surface area contributed by atoms with Crippen molar-refractivity contribution in [2.24, 2.45) is 0 Å². The van der Waals surface area contributed by atoms with E-state index >= 15 is 0 Å². The molecule has 1 aromatic heterocycles. The molecule has 0 bridgehead atoms. The summed E-state index contributed by atoms with van der Waals surface area (Å²) >= 11 is 0. The third-order valence-electron chi connectivity index (χ3n) is 3.00. The van der Waals surface area contributed by atoms with Crippen LogP contribution in [0.1, 0.15) is 0 Å². The average molecular weight is 263 g/mol. The van der Waals surface area contributed by atoms with E-state index in [-0.39, 0.29) is 28.4 Å². The van der Waals surface area contributed by atoms with Gasteiger partial charge in [0, 0.05) is 19.3 Å². The lowest BCUT2D eigenvalue weighted by atomic mass is 10.1. The molecule has 3 rings (SSSR count). The standard InChI is InChI=1S/C12H10FN3O3/c13-9-4-10(16(17)18)8-2-1-3-15-11(8)12(9)19-7-5-14-6-7/h1-4,7,14H,5-6H2. The smallest absolute Gasteiger partial charge is 0.281 e. The van der Waals surface area contributed by atoms with Crippen molar-refractivity contribution >= 4 is 16.6 Å². The summed E-state index contributed by atoms with van der Waals surface area (Å²) in [5, 5.41) is 14.2. The Hall–Kier alpha value is -2.28. The molecular weight excluding hydrogens is 253 g/mol. The van der Waals surface area contributed by atoms with Crippen LogP contribution in [-0.4, -0.2) is 29.1 Å². The Bertz CT molecular complexity index is 658. The summed E-state index contributed by atoms with van der Waals surface area (Å²) in [4.78, 5) is 14.3. The highest BCUT2D eigenvalue weighted by atomic mass is 19.1. The van der Waals surface area contributed by atoms with Crippen LogP contribution in [0.3, 0.4) is 0 Å². The van der Waals surface area contributed by atoms with Crippen LogP contribution in [0.4, 0.5) is 10.1 Å². The molecule has 0 unspecified atom stereocenters. The van der Waals surface area contributed by atoms with Gasteiger partial charge in [0.05, 0.1) is 16.4 Å². The predicted molar refractivity (Wildman–Crippen MR) is 65.6 cm³/mol. The largest absolute Gasteiger partial charge is 0.482 e. The summed E-state index contributed by atoms with van der Waals surface area (Å²) in [5.41, 5.74) is -0.124. The number of hydrogen-bond donors (Lipinski definition) is 1. The van der Waals surface area contributed by atoms with E-state index in [0.717, 1.165) is 6.07 Å². The zero-order chi connectivity index (χ0) is 13.4. The van der Waals surface area contributed by atoms with Gasteiger partial charge in [-0.25, -0.2) is 4.39 Å². The maximum absolute atomic E-state index is 14.0. The molecule has 0 aliphatic carbocycles. The fourth-order valence-electron chi connectivity index (χ4n) is 1.94. The van der Waals surface area contributed by atoms with Crippen LogP contribution >= 0.6 is 0 Å². The Balaban J connectivity index is 2.18. The topological polar surface area (TPSA) is 77.3 Å². The van der Waals surface area contributed by atoms with Crippen LogP contribution in [0.5, 0.6) is 5.75 Å². The molecule has 1 aliphatic heterocycles. The molecule has 2 heterocycles. The van der Waals surface area contributed by atoms with Gasteiger partial charge in [0.15, 0.2) is 11.6 Å². The van der Waals surface area contributed by atoms with Crippen LogP contribution in [0.15, 0.2) is 24.4 Å². The summed E-state index contributed by atoms with van der Waals surface area (Å²) < 4.78 is 19.5. The fraction of sp³-hybridized carbons (Fsp3) is 0.250. The number of non-ortho nitro benzene ring substituents is 1. The molecule has 2 aromatic rings. The number of fused-ring (bicyclic) bond motifs is 1. The van der Waals surface area contributed by atoms with E-state index in [9.17, 15) is 14.5 Å². The first kappa shape index (κ1) is 11.8. The second-order valence-corrected chi connectivity index (χ2v) is 4.26. The molecule has 6 nitrogen and oxygen atoms in total. The molecule has 1 fully saturated rings. The molecule has 1 aromatic carbocycles. The molecule has 1 aliphatic rings. The van der Waals surface area contributed by atoms with Gasteiger partial charge in [-0.1, -0.05) is 0 Å². The molecule has 0 radical (unpaired) electrons. The van der Waals surface area contributed by atoms with E-state index in [1.807, 2.05) is 0 Å². The van der Waals surface area contributed by atoms with E-state index in [2.05, 4.69) is 10.3 Å². The van der Waals surface area contributed by atoms with Crippen molar-refractivity contribution in [2.75, 3.05) is 13.1 Å². The molecule has 0 atom stereocenters. The second kappa shape index (κ2) is 4.43. The molecule has 19 heavy (non-hydrogen) atoms. The van der Waals surface area contributed by atoms with Gasteiger partial charge >= 0.3 is 0 Å². The van der Waals surface area contributed by atoms with Gasteiger partial charge in [0.1, 0.15) is 11.6 Å². The number of rotatable bonds is 3. The van der Waals surface area contributed by atoms with Crippen LogP contribution in [0, 0.1) is 15.9 Å². The fourth-order valence-corrected chi connectivity index (χ4v) is 1.94. The van der Waals surface area contributed by atoms with Crippen molar-refractivity contribution in [2.45, 2.75) is 6.10 Å². The molecule has 0 saturated carbocycles. The number of nitro groups is 1. The minimum Gasteiger partial charge on any atom is -0.482 e. The Morgan fingerprint density at radius 3 is 2.95 bits per heavy atom. The number of nitro benzene ring substituents is 1. The summed E-state index contributed by atoms with van der Waals surface area (Å²) in [5.74, 6) is -0.780. The first-order chi connectivity index (χ1) is 9.16. The van der Waals surface area contributed by atoms with Crippen LogP contribution in [0.25, 0.3) is 10.9 Å². The second-order valence-electron chi connectivity index (χ2n) is 4.26. The Morgan fingerprint density at radius 2 is 2.32 bits per heavy atom. The zero-order valence-electron chi connectivity index (χ0n) is 9.80. The highest BCUT2D eigenvalue weighted by Gasteiger charge is 2.25. The van der Waals surface area contributed by atoms with E-state index in [1.165, 1.54) is 12.3 Å². The normalized spacial score (nSPS) is 15.2. The zero-order valence-corrected chi connectivity index (χ0v) is 9.80. The molecule has 98 valence electrons. The molecule has 1 N–H and O–H groups in total. The monoisotopic (exact) mass is 263 g/mol. The minimum absolute atomic E-state index is 0.0206. The predicted octanol–water partition coefficient (Wildman–Crippen LogP) is 1.63. The Labute approximate surface area is 107 Å². The Kier molecular flexibility index (Phi) is 2.75. The number of hydrogen-bond acceptors (Lipinski definition) is 5. The van der Waals surface area contributed by atoms with E-state index in [0.29, 0.717) is 13.1 Å². The highest BCUT2D eigenvalue weighted by molar-refractivity contribution is 5.92. The lowest BCUT2D eigenvalue weighted by Gasteiger charge is -2.28. The summed E-state index contributed by atoms with van der Waals surface area (Å²) in [6.07, 6.45) is 1.33. The van der Waals surface area contributed by atoms with Gasteiger partial charge in [-0.05, 0) is 12.1 Å². The van der Waals surface area contributed by atoms with Gasteiger partial charge < -0.3 is 10.1 Å². The van der Waals surface area contributed by atoms with Crippen molar-refractivity contribution in [3.63, 3.8) is 0 Å². The van der Waals surface area contributed by atoms with Crippen molar-refractivity contribution in [3.05, 3.63) is 40.3 Å². The number of pyridine rings is 1. The van der Waals surface area contributed by atoms with Gasteiger partial charge in [-0.2, -0.15) is 0 Å². The number of ether oxygens (including phenoxy) is 1. The van der Waals surface area contributed by atoms with E-state index in [1.54, 1.807) is 6.07 Å². The van der Waals surface area contributed by atoms with Gasteiger partial charge in [-0.15, -0.1) is 0 Å². The summed E-state index contributed by atoms with van der Waals surface area (Å²) in [6, 6.07) is 3.99. The lowest BCUT2D eigenvalue weighted by Crippen LogP contribution is -2.50. The quantitative estimate of drug-likeness (QED) is 0.672.